The lowest BCUT2D eigenvalue weighted by Crippen LogP contribution is -2.30. The zero-order chi connectivity index (χ0) is 53.2. The molecule has 1 atom stereocenters. The molecule has 0 saturated carbocycles. The molecule has 434 valence electrons. The molecular weight excluding hydrogens is 901 g/mol. The van der Waals surface area contributed by atoms with Crippen molar-refractivity contribution in [2.24, 2.45) is 11.8 Å². The summed E-state index contributed by atoms with van der Waals surface area (Å²) in [5.74, 6) is 0.864. The number of ether oxygens (including phenoxy) is 3. The topological polar surface area (TPSA) is 78.9 Å². The molecular formula is C67H130O6. The van der Waals surface area contributed by atoms with Gasteiger partial charge in [0.25, 0.3) is 0 Å². The summed E-state index contributed by atoms with van der Waals surface area (Å²) in [7, 11) is 0. The highest BCUT2D eigenvalue weighted by atomic mass is 16.6. The maximum absolute atomic E-state index is 12.9. The minimum atomic E-state index is -0.764. The van der Waals surface area contributed by atoms with Gasteiger partial charge in [0.15, 0.2) is 6.10 Å². The number of hydrogen-bond donors (Lipinski definition) is 0. The molecule has 0 aliphatic rings. The van der Waals surface area contributed by atoms with Gasteiger partial charge in [-0.05, 0) is 31.1 Å². The van der Waals surface area contributed by atoms with Crippen LogP contribution in [0.1, 0.15) is 381 Å². The lowest BCUT2D eigenvalue weighted by atomic mass is 10.0. The highest BCUT2D eigenvalue weighted by Gasteiger charge is 2.19. The molecule has 0 aromatic heterocycles. The number of esters is 3. The standard InChI is InChI=1S/C67H130O6/c1-6-7-8-9-10-11-12-13-14-15-16-21-24-27-34-39-44-49-54-59-67(70)73-64(61-72-66(69)58-53-48-43-38-33-29-28-31-36-41-46-51-56-63(4)5)60-71-65(68)57-52-47-42-37-32-26-23-20-18-17-19-22-25-30-35-40-45-50-55-62(2)3/h62-64H,6-61H2,1-5H3/t64-/m1/s1. The van der Waals surface area contributed by atoms with E-state index in [2.05, 4.69) is 34.6 Å². The Labute approximate surface area is 457 Å². The summed E-state index contributed by atoms with van der Waals surface area (Å²) < 4.78 is 17.0. The normalized spacial score (nSPS) is 12.0. The molecule has 6 heteroatoms. The van der Waals surface area contributed by atoms with E-state index < -0.39 is 6.10 Å². The maximum Gasteiger partial charge on any atom is 0.306 e. The van der Waals surface area contributed by atoms with E-state index in [9.17, 15) is 14.4 Å². The van der Waals surface area contributed by atoms with Crippen molar-refractivity contribution in [3.63, 3.8) is 0 Å². The summed E-state index contributed by atoms with van der Waals surface area (Å²) in [6, 6.07) is 0. The smallest absolute Gasteiger partial charge is 0.306 e. The van der Waals surface area contributed by atoms with Crippen LogP contribution in [0.2, 0.25) is 0 Å². The average Bonchev–Trinajstić information content (AvgIpc) is 3.37. The molecule has 0 fully saturated rings. The highest BCUT2D eigenvalue weighted by molar-refractivity contribution is 5.71. The molecule has 0 bridgehead atoms. The predicted octanol–water partition coefficient (Wildman–Crippen LogP) is 22.4. The zero-order valence-corrected chi connectivity index (χ0v) is 50.3. The Morgan fingerprint density at radius 1 is 0.260 bits per heavy atom. The second-order valence-electron chi connectivity index (χ2n) is 24.1. The monoisotopic (exact) mass is 1030 g/mol. The molecule has 0 aromatic carbocycles. The van der Waals surface area contributed by atoms with Crippen molar-refractivity contribution in [1.29, 1.82) is 0 Å². The van der Waals surface area contributed by atoms with Crippen LogP contribution in [-0.4, -0.2) is 37.2 Å². The van der Waals surface area contributed by atoms with Crippen LogP contribution in [0.3, 0.4) is 0 Å². The Balaban J connectivity index is 4.26. The van der Waals surface area contributed by atoms with Gasteiger partial charge in [-0.15, -0.1) is 0 Å². The largest absolute Gasteiger partial charge is 0.462 e. The molecule has 0 unspecified atom stereocenters. The fraction of sp³-hybridized carbons (Fsp3) is 0.955. The predicted molar refractivity (Wildman–Crippen MR) is 316 cm³/mol. The number of rotatable bonds is 61. The molecule has 73 heavy (non-hydrogen) atoms. The SMILES string of the molecule is CCCCCCCCCCCCCCCCCCCCCC(=O)O[C@H](COC(=O)CCCCCCCCCCCCCCCCCCCCC(C)C)COC(=O)CCCCCCCCCCCCCCC(C)C. The molecule has 0 aliphatic carbocycles. The van der Waals surface area contributed by atoms with Crippen molar-refractivity contribution in [2.45, 2.75) is 387 Å². The summed E-state index contributed by atoms with van der Waals surface area (Å²) in [6.45, 7) is 11.5. The first-order chi connectivity index (χ1) is 35.7. The van der Waals surface area contributed by atoms with Crippen LogP contribution >= 0.6 is 0 Å². The molecule has 0 amide bonds. The minimum absolute atomic E-state index is 0.0616. The summed E-state index contributed by atoms with van der Waals surface area (Å²) >= 11 is 0. The summed E-state index contributed by atoms with van der Waals surface area (Å²) in [4.78, 5) is 38.4. The summed E-state index contributed by atoms with van der Waals surface area (Å²) in [6.07, 6.45) is 66.8. The van der Waals surface area contributed by atoms with Gasteiger partial charge in [0, 0.05) is 19.3 Å². The molecule has 0 aliphatic heterocycles. The highest BCUT2D eigenvalue weighted by Crippen LogP contribution is 2.19. The molecule has 0 N–H and O–H groups in total. The van der Waals surface area contributed by atoms with E-state index in [1.165, 1.54) is 270 Å². The van der Waals surface area contributed by atoms with Gasteiger partial charge in [-0.2, -0.15) is 0 Å². The van der Waals surface area contributed by atoms with Crippen LogP contribution in [0, 0.1) is 11.8 Å². The van der Waals surface area contributed by atoms with Gasteiger partial charge in [-0.25, -0.2) is 0 Å². The van der Waals surface area contributed by atoms with Gasteiger partial charge in [0.05, 0.1) is 0 Å². The second kappa shape index (κ2) is 59.7. The van der Waals surface area contributed by atoms with Crippen LogP contribution in [-0.2, 0) is 28.6 Å². The van der Waals surface area contributed by atoms with Crippen molar-refractivity contribution in [2.75, 3.05) is 13.2 Å². The molecule has 0 radical (unpaired) electrons. The lowest BCUT2D eigenvalue weighted by Gasteiger charge is -2.18. The first kappa shape index (κ1) is 71.4. The zero-order valence-electron chi connectivity index (χ0n) is 50.3. The lowest BCUT2D eigenvalue weighted by molar-refractivity contribution is -0.167. The van der Waals surface area contributed by atoms with E-state index in [0.29, 0.717) is 19.3 Å². The van der Waals surface area contributed by atoms with E-state index in [1.54, 1.807) is 0 Å². The summed E-state index contributed by atoms with van der Waals surface area (Å²) in [5, 5.41) is 0. The van der Waals surface area contributed by atoms with E-state index in [0.717, 1.165) is 69.6 Å². The van der Waals surface area contributed by atoms with Gasteiger partial charge in [-0.1, -0.05) is 343 Å². The van der Waals surface area contributed by atoms with E-state index >= 15 is 0 Å². The van der Waals surface area contributed by atoms with Crippen molar-refractivity contribution in [1.82, 2.24) is 0 Å². The van der Waals surface area contributed by atoms with Crippen LogP contribution in [0.5, 0.6) is 0 Å². The summed E-state index contributed by atoms with van der Waals surface area (Å²) in [5.41, 5.74) is 0. The maximum atomic E-state index is 12.9. The number of carbonyl (C=O) groups excluding carboxylic acids is 3. The number of unbranched alkanes of at least 4 members (excludes halogenated alkanes) is 46. The molecule has 0 rings (SSSR count). The van der Waals surface area contributed by atoms with Crippen molar-refractivity contribution in [3.8, 4) is 0 Å². The first-order valence-electron chi connectivity index (χ1n) is 33.2. The van der Waals surface area contributed by atoms with Gasteiger partial charge in [0.2, 0.25) is 0 Å². The minimum Gasteiger partial charge on any atom is -0.462 e. The number of hydrogen-bond acceptors (Lipinski definition) is 6. The Morgan fingerprint density at radius 3 is 0.671 bits per heavy atom. The molecule has 0 spiro atoms. The van der Waals surface area contributed by atoms with Gasteiger partial charge >= 0.3 is 17.9 Å². The van der Waals surface area contributed by atoms with Crippen LogP contribution in [0.15, 0.2) is 0 Å². The van der Waals surface area contributed by atoms with Crippen LogP contribution < -0.4 is 0 Å². The van der Waals surface area contributed by atoms with Crippen LogP contribution in [0.25, 0.3) is 0 Å². The quantitative estimate of drug-likeness (QED) is 0.0343. The fourth-order valence-corrected chi connectivity index (χ4v) is 10.5. The van der Waals surface area contributed by atoms with Crippen molar-refractivity contribution in [3.05, 3.63) is 0 Å². The van der Waals surface area contributed by atoms with Crippen LogP contribution in [0.4, 0.5) is 0 Å². The molecule has 0 heterocycles. The van der Waals surface area contributed by atoms with E-state index in [4.69, 9.17) is 14.2 Å². The number of carbonyl (C=O) groups is 3. The third kappa shape index (κ3) is 61.1. The Hall–Kier alpha value is -1.59. The Bertz CT molecular complexity index is 1120. The van der Waals surface area contributed by atoms with Crippen molar-refractivity contribution < 1.29 is 28.6 Å². The van der Waals surface area contributed by atoms with E-state index in [1.807, 2.05) is 0 Å². The molecule has 0 aromatic rings. The third-order valence-corrected chi connectivity index (χ3v) is 15.5. The first-order valence-corrected chi connectivity index (χ1v) is 33.2. The third-order valence-electron chi connectivity index (χ3n) is 15.5. The average molecular weight is 1030 g/mol. The van der Waals surface area contributed by atoms with Gasteiger partial charge in [-0.3, -0.25) is 14.4 Å². The van der Waals surface area contributed by atoms with E-state index in [-0.39, 0.29) is 31.1 Å². The Morgan fingerprint density at radius 2 is 0.452 bits per heavy atom. The van der Waals surface area contributed by atoms with Gasteiger partial charge < -0.3 is 14.2 Å². The Kier molecular flexibility index (Phi) is 58.4. The molecule has 6 nitrogen and oxygen atoms in total. The second-order valence-corrected chi connectivity index (χ2v) is 24.1. The molecule has 0 saturated heterocycles. The van der Waals surface area contributed by atoms with Crippen molar-refractivity contribution >= 4 is 17.9 Å². The van der Waals surface area contributed by atoms with Gasteiger partial charge in [0.1, 0.15) is 13.2 Å². The fourth-order valence-electron chi connectivity index (χ4n) is 10.5.